The molecule has 8 heavy (non-hydrogen) atoms. The van der Waals surface area contributed by atoms with E-state index < -0.39 is 6.03 Å². The van der Waals surface area contributed by atoms with Gasteiger partial charge in [-0.1, -0.05) is 0 Å². The lowest BCUT2D eigenvalue weighted by Gasteiger charge is -1.86. The highest BCUT2D eigenvalue weighted by molar-refractivity contribution is 6.24. The van der Waals surface area contributed by atoms with Gasteiger partial charge in [0.15, 0.2) is 0 Å². The number of nitrogens with one attached hydrogen (secondary N) is 1. The molecule has 3 N–H and O–H groups in total. The lowest BCUT2D eigenvalue weighted by Crippen LogP contribution is -2.24. The quantitative estimate of drug-likeness (QED) is 0.309. The zero-order valence-corrected chi connectivity index (χ0v) is 4.85. The average Bonchev–Trinajstić information content (AvgIpc) is 1.66. The second kappa shape index (κ2) is 4.39. The first-order valence-corrected chi connectivity index (χ1v) is 2.43. The van der Waals surface area contributed by atoms with Crippen molar-refractivity contribution in [2.75, 3.05) is 5.88 Å². The molecule has 0 aromatic heterocycles. The van der Waals surface area contributed by atoms with Gasteiger partial charge in [-0.15, -0.1) is 11.6 Å². The molecule has 0 fully saturated rings. The molecule has 0 aliphatic heterocycles. The summed E-state index contributed by atoms with van der Waals surface area (Å²) in [6.07, 6.45) is 1.33. The number of alkyl halides is 1. The van der Waals surface area contributed by atoms with Crippen LogP contribution in [-0.4, -0.2) is 18.1 Å². The number of rotatable bonds is 2. The van der Waals surface area contributed by atoms with Crippen LogP contribution in [0.5, 0.6) is 0 Å². The SMILES string of the molecule is NC(=O)N/N=C/CCl. The van der Waals surface area contributed by atoms with E-state index in [0.717, 1.165) is 0 Å². The molecule has 0 aromatic carbocycles. The first-order chi connectivity index (χ1) is 3.77. The summed E-state index contributed by atoms with van der Waals surface area (Å²) in [5.41, 5.74) is 6.60. The molecule has 5 heteroatoms. The van der Waals surface area contributed by atoms with E-state index in [-0.39, 0.29) is 5.88 Å². The number of carbonyl (C=O) groups is 1. The van der Waals surface area contributed by atoms with Gasteiger partial charge in [-0.3, -0.25) is 0 Å². The van der Waals surface area contributed by atoms with E-state index in [2.05, 4.69) is 10.8 Å². The summed E-state index contributed by atoms with van der Waals surface area (Å²) < 4.78 is 0. The Kier molecular flexibility index (Phi) is 3.97. The Labute approximate surface area is 51.7 Å². The summed E-state index contributed by atoms with van der Waals surface area (Å²) in [6.45, 7) is 0. The van der Waals surface area contributed by atoms with Gasteiger partial charge in [0.1, 0.15) is 0 Å². The van der Waals surface area contributed by atoms with Crippen LogP contribution < -0.4 is 11.2 Å². The summed E-state index contributed by atoms with van der Waals surface area (Å²) in [7, 11) is 0. The van der Waals surface area contributed by atoms with Crippen LogP contribution >= 0.6 is 11.6 Å². The summed E-state index contributed by atoms with van der Waals surface area (Å²) >= 11 is 5.14. The fourth-order valence-electron chi connectivity index (χ4n) is 0.144. The van der Waals surface area contributed by atoms with Crippen molar-refractivity contribution in [3.8, 4) is 0 Å². The molecular weight excluding hydrogens is 130 g/mol. The highest BCUT2D eigenvalue weighted by Gasteiger charge is 1.80. The number of halogens is 1. The fraction of sp³-hybridized carbons (Fsp3) is 0.333. The molecule has 0 heterocycles. The maximum absolute atomic E-state index is 9.83. The zero-order chi connectivity index (χ0) is 6.41. The Morgan fingerprint density at radius 3 is 3.00 bits per heavy atom. The van der Waals surface area contributed by atoms with Gasteiger partial charge in [-0.25, -0.2) is 10.2 Å². The smallest absolute Gasteiger partial charge is 0.332 e. The van der Waals surface area contributed by atoms with Crippen LogP contribution in [-0.2, 0) is 0 Å². The van der Waals surface area contributed by atoms with Gasteiger partial charge in [0.2, 0.25) is 0 Å². The predicted octanol–water partition coefficient (Wildman–Crippen LogP) is -0.121. The fourth-order valence-corrected chi connectivity index (χ4v) is 0.213. The standard InChI is InChI=1S/C3H6ClN3O/c4-1-2-6-7-3(5)8/h2H,1H2,(H3,5,7,8)/b6-2+. The Morgan fingerprint density at radius 2 is 2.62 bits per heavy atom. The molecule has 0 aliphatic carbocycles. The van der Waals surface area contributed by atoms with E-state index in [1.165, 1.54) is 6.21 Å². The van der Waals surface area contributed by atoms with Crippen molar-refractivity contribution >= 4 is 23.8 Å². The third-order valence-electron chi connectivity index (χ3n) is 0.335. The number of amides is 2. The minimum atomic E-state index is -0.689. The van der Waals surface area contributed by atoms with Gasteiger partial charge in [0, 0.05) is 6.21 Å². The first-order valence-electron chi connectivity index (χ1n) is 1.90. The molecule has 0 saturated heterocycles. The van der Waals surface area contributed by atoms with Gasteiger partial charge in [-0.05, 0) is 0 Å². The van der Waals surface area contributed by atoms with Gasteiger partial charge >= 0.3 is 6.03 Å². The van der Waals surface area contributed by atoms with Crippen molar-refractivity contribution in [1.29, 1.82) is 0 Å². The maximum Gasteiger partial charge on any atom is 0.332 e. The number of nitrogens with zero attached hydrogens (tertiary/aromatic N) is 1. The molecule has 0 saturated carbocycles. The molecular formula is C3H6ClN3O. The minimum Gasteiger partial charge on any atom is -0.350 e. The average molecular weight is 136 g/mol. The minimum absolute atomic E-state index is 0.264. The second-order valence-corrected chi connectivity index (χ2v) is 1.25. The molecule has 4 nitrogen and oxygen atoms in total. The number of urea groups is 1. The largest absolute Gasteiger partial charge is 0.350 e. The lowest BCUT2D eigenvalue weighted by molar-refractivity contribution is 0.249. The Bertz CT molecular complexity index is 103. The van der Waals surface area contributed by atoms with Crippen LogP contribution in [0.15, 0.2) is 5.10 Å². The van der Waals surface area contributed by atoms with Crippen molar-refractivity contribution in [2.45, 2.75) is 0 Å². The normalized spacial score (nSPS) is 9.62. The summed E-state index contributed by atoms with van der Waals surface area (Å²) in [5, 5.41) is 3.31. The van der Waals surface area contributed by atoms with Crippen LogP contribution in [0.25, 0.3) is 0 Å². The number of carbonyl (C=O) groups excluding carboxylic acids is 1. The van der Waals surface area contributed by atoms with Crippen LogP contribution in [0, 0.1) is 0 Å². The predicted molar refractivity (Wildman–Crippen MR) is 31.9 cm³/mol. The van der Waals surface area contributed by atoms with Gasteiger partial charge in [-0.2, -0.15) is 5.10 Å². The molecule has 0 rings (SSSR count). The van der Waals surface area contributed by atoms with E-state index in [9.17, 15) is 4.79 Å². The Hall–Kier alpha value is -0.770. The molecule has 46 valence electrons. The van der Waals surface area contributed by atoms with Crippen molar-refractivity contribution in [1.82, 2.24) is 5.43 Å². The van der Waals surface area contributed by atoms with Gasteiger partial charge in [0.05, 0.1) is 5.88 Å². The number of hydrogen-bond acceptors (Lipinski definition) is 2. The highest BCUT2D eigenvalue weighted by atomic mass is 35.5. The maximum atomic E-state index is 9.83. The van der Waals surface area contributed by atoms with E-state index in [0.29, 0.717) is 0 Å². The molecule has 0 bridgehead atoms. The van der Waals surface area contributed by atoms with Crippen LogP contribution in [0.2, 0.25) is 0 Å². The van der Waals surface area contributed by atoms with E-state index in [4.69, 9.17) is 11.6 Å². The van der Waals surface area contributed by atoms with Gasteiger partial charge < -0.3 is 5.73 Å². The molecule has 0 aromatic rings. The third kappa shape index (κ3) is 5.23. The van der Waals surface area contributed by atoms with Crippen LogP contribution in [0.4, 0.5) is 4.79 Å². The monoisotopic (exact) mass is 135 g/mol. The summed E-state index contributed by atoms with van der Waals surface area (Å²) in [4.78, 5) is 9.83. The third-order valence-corrected chi connectivity index (χ3v) is 0.473. The molecule has 2 amide bonds. The highest BCUT2D eigenvalue weighted by Crippen LogP contribution is 1.64. The molecule has 0 aliphatic rings. The zero-order valence-electron chi connectivity index (χ0n) is 4.10. The molecule has 0 atom stereocenters. The second-order valence-electron chi connectivity index (χ2n) is 0.942. The van der Waals surface area contributed by atoms with Crippen molar-refractivity contribution in [2.24, 2.45) is 10.8 Å². The van der Waals surface area contributed by atoms with E-state index in [1.807, 2.05) is 5.43 Å². The first kappa shape index (κ1) is 7.23. The molecule has 0 unspecified atom stereocenters. The molecule has 0 spiro atoms. The number of nitrogens with two attached hydrogens (primary N) is 1. The van der Waals surface area contributed by atoms with E-state index in [1.54, 1.807) is 0 Å². The van der Waals surface area contributed by atoms with E-state index >= 15 is 0 Å². The van der Waals surface area contributed by atoms with Crippen molar-refractivity contribution in [3.05, 3.63) is 0 Å². The van der Waals surface area contributed by atoms with Crippen LogP contribution in [0.1, 0.15) is 0 Å². The lowest BCUT2D eigenvalue weighted by atomic mass is 10.9. The topological polar surface area (TPSA) is 67.5 Å². The van der Waals surface area contributed by atoms with Gasteiger partial charge in [0.25, 0.3) is 0 Å². The van der Waals surface area contributed by atoms with Crippen molar-refractivity contribution < 1.29 is 4.79 Å². The summed E-state index contributed by atoms with van der Waals surface area (Å²) in [6, 6.07) is -0.689. The van der Waals surface area contributed by atoms with Crippen LogP contribution in [0.3, 0.4) is 0 Å². The Balaban J connectivity index is 3.16. The summed E-state index contributed by atoms with van der Waals surface area (Å²) in [5.74, 6) is 0.264. The van der Waals surface area contributed by atoms with Crippen molar-refractivity contribution in [3.63, 3.8) is 0 Å². The number of hydrogen-bond donors (Lipinski definition) is 2. The Morgan fingerprint density at radius 1 is 2.00 bits per heavy atom. The molecule has 0 radical (unpaired) electrons. The number of primary amides is 1. The number of hydrazone groups is 1.